The summed E-state index contributed by atoms with van der Waals surface area (Å²) in [4.78, 5) is 31.4. The molecule has 2 aromatic carbocycles. The smallest absolute Gasteiger partial charge is 0.339 e. The largest absolute Gasteiger partial charge is 0.418 e. The Kier molecular flexibility index (Phi) is 6.67. The van der Waals surface area contributed by atoms with Gasteiger partial charge >= 0.3 is 6.18 Å². The third-order valence-corrected chi connectivity index (χ3v) is 5.80. The number of amides is 2. The molecular weight excluding hydrogens is 449 g/mol. The summed E-state index contributed by atoms with van der Waals surface area (Å²) in [5.41, 5.74) is 0.0805. The van der Waals surface area contributed by atoms with Gasteiger partial charge in [-0.15, -0.1) is 0 Å². The molecule has 0 bridgehead atoms. The van der Waals surface area contributed by atoms with E-state index in [4.69, 9.17) is 4.52 Å². The molecule has 1 aliphatic heterocycles. The summed E-state index contributed by atoms with van der Waals surface area (Å²) < 4.78 is 44.6. The Morgan fingerprint density at radius 1 is 1.09 bits per heavy atom. The summed E-state index contributed by atoms with van der Waals surface area (Å²) in [5.74, 6) is -0.132. The van der Waals surface area contributed by atoms with Crippen LogP contribution in [0.5, 0.6) is 0 Å². The molecule has 0 saturated carbocycles. The Morgan fingerprint density at radius 3 is 2.38 bits per heavy atom. The molecule has 0 radical (unpaired) electrons. The predicted molar refractivity (Wildman–Crippen MR) is 118 cm³/mol. The molecule has 4 rings (SSSR count). The van der Waals surface area contributed by atoms with Gasteiger partial charge < -0.3 is 14.7 Å². The van der Waals surface area contributed by atoms with Crippen LogP contribution in [0, 0.1) is 5.92 Å². The number of anilines is 1. The zero-order valence-electron chi connectivity index (χ0n) is 18.4. The average Bonchev–Trinajstić information content (AvgIpc) is 3.33. The van der Waals surface area contributed by atoms with E-state index in [0.29, 0.717) is 49.6 Å². The molecule has 2 heterocycles. The maximum Gasteiger partial charge on any atom is 0.418 e. The number of aryl methyl sites for hydroxylation is 1. The van der Waals surface area contributed by atoms with E-state index in [2.05, 4.69) is 15.5 Å². The fourth-order valence-electron chi connectivity index (χ4n) is 3.88. The minimum atomic E-state index is -4.56. The third-order valence-electron chi connectivity index (χ3n) is 5.80. The highest BCUT2D eigenvalue weighted by Gasteiger charge is 2.34. The van der Waals surface area contributed by atoms with Crippen molar-refractivity contribution in [3.05, 3.63) is 65.5 Å². The molecule has 178 valence electrons. The number of carbonyl (C=O) groups is 2. The molecule has 34 heavy (non-hydrogen) atoms. The second kappa shape index (κ2) is 9.66. The summed E-state index contributed by atoms with van der Waals surface area (Å²) >= 11 is 0. The molecule has 3 aromatic rings. The van der Waals surface area contributed by atoms with Crippen molar-refractivity contribution in [1.82, 2.24) is 15.0 Å². The van der Waals surface area contributed by atoms with E-state index in [1.807, 2.05) is 6.92 Å². The summed E-state index contributed by atoms with van der Waals surface area (Å²) in [7, 11) is 0. The van der Waals surface area contributed by atoms with Gasteiger partial charge in [0.05, 0.1) is 11.3 Å². The molecular formula is C24H23F3N4O3. The third kappa shape index (κ3) is 5.11. The van der Waals surface area contributed by atoms with Crippen molar-refractivity contribution in [2.45, 2.75) is 32.4 Å². The van der Waals surface area contributed by atoms with Gasteiger partial charge in [0.1, 0.15) is 0 Å². The Morgan fingerprint density at radius 2 is 1.76 bits per heavy atom. The lowest BCUT2D eigenvalue weighted by Gasteiger charge is -2.31. The van der Waals surface area contributed by atoms with Crippen LogP contribution in [0.25, 0.3) is 11.4 Å². The minimum absolute atomic E-state index is 0.171. The van der Waals surface area contributed by atoms with E-state index in [0.717, 1.165) is 11.6 Å². The van der Waals surface area contributed by atoms with Gasteiger partial charge in [-0.05, 0) is 37.1 Å². The quantitative estimate of drug-likeness (QED) is 0.576. The van der Waals surface area contributed by atoms with E-state index in [1.165, 1.54) is 18.2 Å². The van der Waals surface area contributed by atoms with Gasteiger partial charge in [-0.1, -0.05) is 36.3 Å². The number of benzene rings is 2. The first-order chi connectivity index (χ1) is 16.3. The van der Waals surface area contributed by atoms with Crippen molar-refractivity contribution in [3.63, 3.8) is 0 Å². The van der Waals surface area contributed by atoms with Gasteiger partial charge in [-0.3, -0.25) is 9.59 Å². The van der Waals surface area contributed by atoms with Gasteiger partial charge in [-0.25, -0.2) is 0 Å². The van der Waals surface area contributed by atoms with Gasteiger partial charge in [0, 0.05) is 36.6 Å². The van der Waals surface area contributed by atoms with Crippen LogP contribution in [-0.4, -0.2) is 39.9 Å². The maximum atomic E-state index is 13.2. The number of nitrogens with one attached hydrogen (secondary N) is 1. The second-order valence-electron chi connectivity index (χ2n) is 8.04. The lowest BCUT2D eigenvalue weighted by molar-refractivity contribution is -0.137. The van der Waals surface area contributed by atoms with Gasteiger partial charge in [-0.2, -0.15) is 18.2 Å². The van der Waals surface area contributed by atoms with Crippen molar-refractivity contribution in [3.8, 4) is 11.4 Å². The Balaban J connectivity index is 1.34. The summed E-state index contributed by atoms with van der Waals surface area (Å²) in [6.07, 6.45) is -3.19. The standard InChI is InChI=1S/C24H23F3N4O3/c1-2-20-29-21(30-34-20)15-7-9-17(10-8-15)23(33)31-13-11-16(12-14-31)22(32)28-19-6-4-3-5-18(19)24(25,26)27/h3-10,16H,2,11-14H2,1H3,(H,28,32). The second-order valence-corrected chi connectivity index (χ2v) is 8.04. The molecule has 2 amide bonds. The molecule has 1 aliphatic rings. The zero-order chi connectivity index (χ0) is 24.3. The number of carbonyl (C=O) groups excluding carboxylic acids is 2. The summed E-state index contributed by atoms with van der Waals surface area (Å²) in [5, 5.41) is 6.32. The Labute approximate surface area is 194 Å². The van der Waals surface area contributed by atoms with E-state index in [9.17, 15) is 22.8 Å². The van der Waals surface area contributed by atoms with Crippen LogP contribution in [0.4, 0.5) is 18.9 Å². The SMILES string of the molecule is CCc1nc(-c2ccc(C(=O)N3CCC(C(=O)Nc4ccccc4C(F)(F)F)CC3)cc2)no1. The number of alkyl halides is 3. The zero-order valence-corrected chi connectivity index (χ0v) is 18.4. The molecule has 1 fully saturated rings. The summed E-state index contributed by atoms with van der Waals surface area (Å²) in [6, 6.07) is 11.8. The normalized spacial score (nSPS) is 14.8. The van der Waals surface area contributed by atoms with Crippen molar-refractivity contribution >= 4 is 17.5 Å². The highest BCUT2D eigenvalue weighted by atomic mass is 19.4. The fraction of sp³-hybridized carbons (Fsp3) is 0.333. The van der Waals surface area contributed by atoms with Crippen LogP contribution < -0.4 is 5.32 Å². The molecule has 1 saturated heterocycles. The molecule has 0 atom stereocenters. The number of aromatic nitrogens is 2. The van der Waals surface area contributed by atoms with Crippen molar-refractivity contribution in [1.29, 1.82) is 0 Å². The van der Waals surface area contributed by atoms with Crippen molar-refractivity contribution in [2.24, 2.45) is 5.92 Å². The number of piperidine rings is 1. The lowest BCUT2D eigenvalue weighted by atomic mass is 9.95. The number of halogens is 3. The minimum Gasteiger partial charge on any atom is -0.339 e. The number of rotatable bonds is 5. The number of likely N-dealkylation sites (tertiary alicyclic amines) is 1. The fourth-order valence-corrected chi connectivity index (χ4v) is 3.88. The lowest BCUT2D eigenvalue weighted by Crippen LogP contribution is -2.41. The van der Waals surface area contributed by atoms with Crippen LogP contribution in [-0.2, 0) is 17.4 Å². The topological polar surface area (TPSA) is 88.3 Å². The average molecular weight is 472 g/mol. The summed E-state index contributed by atoms with van der Waals surface area (Å²) in [6.45, 7) is 2.59. The van der Waals surface area contributed by atoms with E-state index in [-0.39, 0.29) is 11.6 Å². The maximum absolute atomic E-state index is 13.2. The predicted octanol–water partition coefficient (Wildman–Crippen LogP) is 4.81. The Bertz CT molecular complexity index is 1170. The molecule has 0 unspecified atom stereocenters. The first-order valence-corrected chi connectivity index (χ1v) is 11.0. The number of para-hydroxylation sites is 1. The van der Waals surface area contributed by atoms with Gasteiger partial charge in [0.25, 0.3) is 5.91 Å². The number of hydrogen-bond acceptors (Lipinski definition) is 5. The van der Waals surface area contributed by atoms with Crippen LogP contribution >= 0.6 is 0 Å². The van der Waals surface area contributed by atoms with Crippen LogP contribution in [0.1, 0.15) is 41.6 Å². The van der Waals surface area contributed by atoms with Crippen molar-refractivity contribution < 1.29 is 27.3 Å². The number of nitrogens with zero attached hydrogens (tertiary/aromatic N) is 3. The van der Waals surface area contributed by atoms with Gasteiger partial charge in [0.15, 0.2) is 0 Å². The monoisotopic (exact) mass is 472 g/mol. The van der Waals surface area contributed by atoms with Crippen LogP contribution in [0.15, 0.2) is 53.1 Å². The molecule has 1 N–H and O–H groups in total. The highest BCUT2D eigenvalue weighted by Crippen LogP contribution is 2.35. The molecule has 0 aliphatic carbocycles. The molecule has 1 aromatic heterocycles. The van der Waals surface area contributed by atoms with Gasteiger partial charge in [0.2, 0.25) is 17.6 Å². The number of hydrogen-bond donors (Lipinski definition) is 1. The van der Waals surface area contributed by atoms with E-state index < -0.39 is 23.6 Å². The first-order valence-electron chi connectivity index (χ1n) is 11.0. The first kappa shape index (κ1) is 23.5. The Hall–Kier alpha value is -3.69. The van der Waals surface area contributed by atoms with E-state index >= 15 is 0 Å². The van der Waals surface area contributed by atoms with Crippen LogP contribution in [0.3, 0.4) is 0 Å². The van der Waals surface area contributed by atoms with Crippen molar-refractivity contribution in [2.75, 3.05) is 18.4 Å². The van der Waals surface area contributed by atoms with E-state index in [1.54, 1.807) is 29.2 Å². The highest BCUT2D eigenvalue weighted by molar-refractivity contribution is 5.96. The molecule has 7 nitrogen and oxygen atoms in total. The molecule has 0 spiro atoms. The molecule has 10 heteroatoms. The van der Waals surface area contributed by atoms with Crippen LogP contribution in [0.2, 0.25) is 0 Å².